The molecule has 7 heteroatoms. The maximum absolute atomic E-state index is 13.9. The van der Waals surface area contributed by atoms with Gasteiger partial charge in [-0.3, -0.25) is 14.4 Å². The van der Waals surface area contributed by atoms with E-state index in [4.69, 9.17) is 0 Å². The maximum atomic E-state index is 13.9. The number of aryl methyl sites for hydroxylation is 1. The Hall–Kier alpha value is -3.87. The minimum absolute atomic E-state index is 0.000474. The number of hydrogen-bond acceptors (Lipinski definition) is 3. The highest BCUT2D eigenvalue weighted by molar-refractivity contribution is 6.02. The van der Waals surface area contributed by atoms with Gasteiger partial charge in [0, 0.05) is 48.4 Å². The monoisotopic (exact) mass is 510 g/mol. The number of Topliss-reactive ketones (excluding diaryl/α,β-unsaturated/α-hetero) is 1. The number of likely N-dealkylation sites (tertiary alicyclic amines) is 2. The van der Waals surface area contributed by atoms with Gasteiger partial charge in [0.1, 0.15) is 5.69 Å². The molecule has 2 fully saturated rings. The van der Waals surface area contributed by atoms with Crippen molar-refractivity contribution in [1.82, 2.24) is 19.4 Å². The molecule has 38 heavy (non-hydrogen) atoms. The first kappa shape index (κ1) is 24.5. The van der Waals surface area contributed by atoms with E-state index in [1.54, 1.807) is 0 Å². The van der Waals surface area contributed by atoms with Gasteiger partial charge in [0.05, 0.1) is 23.7 Å². The van der Waals surface area contributed by atoms with E-state index >= 15 is 0 Å². The number of amides is 2. The van der Waals surface area contributed by atoms with Crippen LogP contribution >= 0.6 is 0 Å². The second kappa shape index (κ2) is 8.86. The fourth-order valence-electron chi connectivity index (χ4n) is 6.31. The number of nitrogens with one attached hydrogen (secondary N) is 1. The fraction of sp³-hybridized carbons (Fsp3) is 0.387. The Morgan fingerprint density at radius 2 is 1.58 bits per heavy atom. The normalized spacial score (nSPS) is 20.0. The molecule has 2 aromatic heterocycles. The lowest BCUT2D eigenvalue weighted by molar-refractivity contribution is -0.141. The average Bonchev–Trinajstić information content (AvgIpc) is 3.67. The van der Waals surface area contributed by atoms with Gasteiger partial charge in [-0.1, -0.05) is 57.2 Å². The van der Waals surface area contributed by atoms with Crippen molar-refractivity contribution in [3.8, 4) is 0 Å². The Morgan fingerprint density at radius 3 is 2.24 bits per heavy atom. The number of H-pyrrole nitrogens is 1. The molecule has 2 aliphatic heterocycles. The summed E-state index contributed by atoms with van der Waals surface area (Å²) in [5, 5.41) is 2.04. The molecule has 2 saturated heterocycles. The van der Waals surface area contributed by atoms with Gasteiger partial charge < -0.3 is 19.4 Å². The molecule has 0 radical (unpaired) electrons. The molecule has 2 aromatic carbocycles. The van der Waals surface area contributed by atoms with Crippen LogP contribution < -0.4 is 0 Å². The zero-order chi connectivity index (χ0) is 26.8. The highest BCUT2D eigenvalue weighted by atomic mass is 16.2. The Morgan fingerprint density at radius 1 is 0.921 bits per heavy atom. The predicted octanol–water partition coefficient (Wildman–Crippen LogP) is 5.02. The zero-order valence-corrected chi connectivity index (χ0v) is 22.4. The third-order valence-corrected chi connectivity index (χ3v) is 8.52. The number of carbonyl (C=O) groups excluding carboxylic acids is 3. The number of aromatic amines is 1. The van der Waals surface area contributed by atoms with Crippen LogP contribution in [0, 0.1) is 11.3 Å². The van der Waals surface area contributed by atoms with Crippen LogP contribution in [0.1, 0.15) is 54.6 Å². The van der Waals surface area contributed by atoms with Crippen LogP contribution in [0.3, 0.4) is 0 Å². The summed E-state index contributed by atoms with van der Waals surface area (Å²) in [7, 11) is 1.93. The molecular weight excluding hydrogens is 476 g/mol. The largest absolute Gasteiger partial charge is 0.352 e. The Labute approximate surface area is 222 Å². The zero-order valence-electron chi connectivity index (χ0n) is 22.4. The Bertz CT molecular complexity index is 1540. The van der Waals surface area contributed by atoms with Crippen LogP contribution in [-0.4, -0.2) is 62.1 Å². The van der Waals surface area contributed by atoms with Crippen LogP contribution in [0.5, 0.6) is 0 Å². The molecule has 0 spiro atoms. The van der Waals surface area contributed by atoms with Crippen molar-refractivity contribution in [3.05, 3.63) is 72.1 Å². The third-order valence-electron chi connectivity index (χ3n) is 8.52. The maximum Gasteiger partial charge on any atom is 0.270 e. The lowest BCUT2D eigenvalue weighted by Crippen LogP contribution is -2.53. The van der Waals surface area contributed by atoms with Gasteiger partial charge in [0.25, 0.3) is 5.91 Å². The number of carbonyl (C=O) groups is 3. The molecule has 7 nitrogen and oxygen atoms in total. The number of benzene rings is 2. The van der Waals surface area contributed by atoms with Gasteiger partial charge >= 0.3 is 0 Å². The van der Waals surface area contributed by atoms with E-state index in [-0.39, 0.29) is 41.5 Å². The van der Waals surface area contributed by atoms with Crippen molar-refractivity contribution in [1.29, 1.82) is 0 Å². The van der Waals surface area contributed by atoms with Gasteiger partial charge in [-0.2, -0.15) is 0 Å². The molecular formula is C31H34N4O3. The van der Waals surface area contributed by atoms with Gasteiger partial charge in [0.2, 0.25) is 5.91 Å². The van der Waals surface area contributed by atoms with Crippen molar-refractivity contribution in [3.63, 3.8) is 0 Å². The third kappa shape index (κ3) is 4.01. The average molecular weight is 511 g/mol. The highest BCUT2D eigenvalue weighted by Gasteiger charge is 2.50. The topological polar surface area (TPSA) is 78.4 Å². The number of nitrogens with zero attached hydrogens (tertiary/aromatic N) is 3. The molecule has 196 valence electrons. The second-order valence-electron chi connectivity index (χ2n) is 12.0. The molecule has 2 amide bonds. The minimum Gasteiger partial charge on any atom is -0.352 e. The van der Waals surface area contributed by atoms with E-state index in [1.165, 1.54) is 0 Å². The molecule has 2 aliphatic rings. The van der Waals surface area contributed by atoms with Gasteiger partial charge in [-0.25, -0.2) is 0 Å². The molecule has 2 bridgehead atoms. The molecule has 1 N–H and O–H groups in total. The van der Waals surface area contributed by atoms with E-state index in [9.17, 15) is 14.4 Å². The summed E-state index contributed by atoms with van der Waals surface area (Å²) in [4.78, 5) is 47.8. The standard InChI is InChI=1S/C31H34N4O3/c1-31(2,3)23(16-28(36)25-13-19-9-5-7-11-24(19)32-25)29(37)34-17-22-15-21(34)18-35(22)30(38)27-14-20-10-6-8-12-26(20)33(27)4/h5-14,21-23,32H,15-18H2,1-4H3/t21-,22-,23+/m0/s1. The number of ketones is 1. The lowest BCUT2D eigenvalue weighted by Gasteiger charge is -2.39. The Kier molecular flexibility index (Phi) is 5.70. The first-order chi connectivity index (χ1) is 18.1. The molecule has 6 rings (SSSR count). The Balaban J connectivity index is 1.18. The number of piperazine rings is 1. The van der Waals surface area contributed by atoms with Crippen LogP contribution in [0.2, 0.25) is 0 Å². The first-order valence-electron chi connectivity index (χ1n) is 13.4. The van der Waals surface area contributed by atoms with Crippen molar-refractivity contribution in [2.45, 2.75) is 45.7 Å². The summed E-state index contributed by atoms with van der Waals surface area (Å²) < 4.78 is 1.96. The van der Waals surface area contributed by atoms with E-state index in [2.05, 4.69) is 4.98 Å². The summed E-state index contributed by atoms with van der Waals surface area (Å²) in [6.45, 7) is 7.13. The number of hydrogen-bond donors (Lipinski definition) is 1. The van der Waals surface area contributed by atoms with Gasteiger partial charge in [-0.15, -0.1) is 0 Å². The first-order valence-corrected chi connectivity index (χ1v) is 13.4. The molecule has 3 atom stereocenters. The van der Waals surface area contributed by atoms with E-state index in [1.807, 2.05) is 103 Å². The van der Waals surface area contributed by atoms with Crippen LogP contribution in [0.4, 0.5) is 0 Å². The van der Waals surface area contributed by atoms with E-state index in [0.717, 1.165) is 28.2 Å². The summed E-state index contributed by atoms with van der Waals surface area (Å²) in [6.07, 6.45) is 0.940. The summed E-state index contributed by atoms with van der Waals surface area (Å²) in [5.74, 6) is -0.453. The van der Waals surface area contributed by atoms with Crippen molar-refractivity contribution in [2.75, 3.05) is 13.1 Å². The van der Waals surface area contributed by atoms with Crippen molar-refractivity contribution < 1.29 is 14.4 Å². The van der Waals surface area contributed by atoms with Crippen molar-refractivity contribution in [2.24, 2.45) is 18.4 Å². The minimum atomic E-state index is -0.442. The fourth-order valence-corrected chi connectivity index (χ4v) is 6.31. The number of fused-ring (bicyclic) bond motifs is 4. The smallest absolute Gasteiger partial charge is 0.270 e. The number of rotatable bonds is 5. The van der Waals surface area contributed by atoms with Crippen LogP contribution in [0.15, 0.2) is 60.7 Å². The quantitative estimate of drug-likeness (QED) is 0.383. The summed E-state index contributed by atoms with van der Waals surface area (Å²) in [6, 6.07) is 19.6. The molecule has 4 aromatic rings. The number of para-hydroxylation sites is 2. The highest BCUT2D eigenvalue weighted by Crippen LogP contribution is 2.38. The summed E-state index contributed by atoms with van der Waals surface area (Å²) in [5.41, 5.74) is 2.79. The predicted molar refractivity (Wildman–Crippen MR) is 148 cm³/mol. The number of aromatic nitrogens is 2. The van der Waals surface area contributed by atoms with E-state index in [0.29, 0.717) is 24.5 Å². The van der Waals surface area contributed by atoms with Crippen LogP contribution in [0.25, 0.3) is 21.8 Å². The SMILES string of the molecule is Cn1c(C(=O)N2C[C@@H]3C[C@H]2CN3C(=O)[C@@H](CC(=O)c2cc3ccccc3[nH]2)C(C)(C)C)cc2ccccc21. The second-order valence-corrected chi connectivity index (χ2v) is 12.0. The molecule has 0 aliphatic carbocycles. The lowest BCUT2D eigenvalue weighted by atomic mass is 9.76. The molecule has 0 saturated carbocycles. The van der Waals surface area contributed by atoms with Crippen LogP contribution in [-0.2, 0) is 11.8 Å². The molecule has 0 unspecified atom stereocenters. The summed E-state index contributed by atoms with van der Waals surface area (Å²) >= 11 is 0. The van der Waals surface area contributed by atoms with Gasteiger partial charge in [0.15, 0.2) is 5.78 Å². The van der Waals surface area contributed by atoms with Gasteiger partial charge in [-0.05, 0) is 36.1 Å². The van der Waals surface area contributed by atoms with Crippen molar-refractivity contribution >= 4 is 39.4 Å². The van der Waals surface area contributed by atoms with E-state index < -0.39 is 5.92 Å². The molecule has 4 heterocycles.